The molecule has 0 spiro atoms. The summed E-state index contributed by atoms with van der Waals surface area (Å²) in [5, 5.41) is 0. The number of nitrogens with zero attached hydrogens (tertiary/aromatic N) is 2. The quantitative estimate of drug-likeness (QED) is 0.820. The van der Waals surface area contributed by atoms with E-state index in [1.165, 1.54) is 11.3 Å². The molecule has 4 nitrogen and oxygen atoms in total. The summed E-state index contributed by atoms with van der Waals surface area (Å²) in [5.41, 5.74) is 10.6. The van der Waals surface area contributed by atoms with Crippen LogP contribution in [0.4, 0.5) is 5.69 Å². The number of nitrogen functional groups attached to an aromatic ring is 1. The first-order chi connectivity index (χ1) is 12.3. The van der Waals surface area contributed by atoms with Gasteiger partial charge in [0, 0.05) is 43.7 Å². The van der Waals surface area contributed by atoms with Crippen molar-refractivity contribution >= 4 is 11.4 Å². The van der Waals surface area contributed by atoms with Crippen molar-refractivity contribution in [2.75, 3.05) is 39.1 Å². The molecule has 1 heterocycles. The molecule has 4 heteroatoms. The summed E-state index contributed by atoms with van der Waals surface area (Å²) in [6.45, 7) is 3.89. The second-order valence-electron chi connectivity index (χ2n) is 6.47. The zero-order chi connectivity index (χ0) is 17.5. The van der Waals surface area contributed by atoms with Crippen LogP contribution in [-0.2, 0) is 4.74 Å². The Kier molecular flexibility index (Phi) is 6.20. The third-order valence-electron chi connectivity index (χ3n) is 4.76. The van der Waals surface area contributed by atoms with E-state index in [0.717, 1.165) is 50.3 Å². The maximum Gasteiger partial charge on any atom is 0.102 e. The third-order valence-corrected chi connectivity index (χ3v) is 4.76. The minimum atomic E-state index is -0.0251. The lowest BCUT2D eigenvalue weighted by molar-refractivity contribution is 0.147. The summed E-state index contributed by atoms with van der Waals surface area (Å²) < 4.78 is 5.18. The van der Waals surface area contributed by atoms with Gasteiger partial charge in [0.05, 0.1) is 6.61 Å². The van der Waals surface area contributed by atoms with Crippen molar-refractivity contribution < 1.29 is 4.74 Å². The predicted octanol–water partition coefficient (Wildman–Crippen LogP) is 3.54. The molecule has 3 rings (SSSR count). The number of methoxy groups -OCH3 is 1. The highest BCUT2D eigenvalue weighted by Gasteiger charge is 2.19. The Morgan fingerprint density at radius 3 is 2.40 bits per heavy atom. The summed E-state index contributed by atoms with van der Waals surface area (Å²) in [4.78, 5) is 7.57. The molecule has 0 saturated carbocycles. The van der Waals surface area contributed by atoms with Crippen molar-refractivity contribution in [2.24, 2.45) is 4.99 Å². The van der Waals surface area contributed by atoms with E-state index in [-0.39, 0.29) is 6.04 Å². The predicted molar refractivity (Wildman–Crippen MR) is 104 cm³/mol. The van der Waals surface area contributed by atoms with Gasteiger partial charge in [-0.25, -0.2) is 0 Å². The smallest absolute Gasteiger partial charge is 0.102 e. The lowest BCUT2D eigenvalue weighted by Gasteiger charge is -2.28. The average Bonchev–Trinajstić information content (AvgIpc) is 2.67. The Labute approximate surface area is 150 Å². The molecular formula is C21H27N3O. The van der Waals surface area contributed by atoms with Gasteiger partial charge in [-0.1, -0.05) is 48.5 Å². The van der Waals surface area contributed by atoms with Gasteiger partial charge in [-0.2, -0.15) is 0 Å². The molecule has 0 aliphatic carbocycles. The van der Waals surface area contributed by atoms with Crippen molar-refractivity contribution in [3.8, 4) is 0 Å². The van der Waals surface area contributed by atoms with Crippen LogP contribution in [0.5, 0.6) is 0 Å². The molecule has 1 unspecified atom stereocenters. The van der Waals surface area contributed by atoms with Gasteiger partial charge >= 0.3 is 0 Å². The topological polar surface area (TPSA) is 50.8 Å². The number of hydrogen-bond acceptors (Lipinski definition) is 4. The molecule has 132 valence electrons. The number of benzene rings is 2. The van der Waals surface area contributed by atoms with E-state index in [0.29, 0.717) is 0 Å². The maximum absolute atomic E-state index is 6.25. The molecule has 0 bridgehead atoms. The maximum atomic E-state index is 6.25. The normalized spacial score (nSPS) is 16.6. The van der Waals surface area contributed by atoms with Crippen LogP contribution in [0.25, 0.3) is 0 Å². The molecule has 0 radical (unpaired) electrons. The summed E-state index contributed by atoms with van der Waals surface area (Å²) in [7, 11) is 1.76. The molecule has 2 N–H and O–H groups in total. The van der Waals surface area contributed by atoms with E-state index in [1.807, 2.05) is 24.3 Å². The fraction of sp³-hybridized carbons (Fsp3) is 0.381. The first-order valence-corrected chi connectivity index (χ1v) is 8.94. The highest BCUT2D eigenvalue weighted by atomic mass is 16.5. The van der Waals surface area contributed by atoms with Crippen molar-refractivity contribution in [1.82, 2.24) is 4.90 Å². The summed E-state index contributed by atoms with van der Waals surface area (Å²) in [6.07, 6.45) is 2.03. The molecular weight excluding hydrogens is 310 g/mol. The standard InChI is InChI=1S/C21H27N3O/c1-25-16-15-24-13-11-18(12-14-24)23-21(17-7-3-2-4-8-17)19-9-5-6-10-20(19)22/h2-10,21H,11-16,22H2,1H3. The van der Waals surface area contributed by atoms with E-state index in [1.54, 1.807) is 7.11 Å². The van der Waals surface area contributed by atoms with Crippen molar-refractivity contribution in [1.29, 1.82) is 0 Å². The monoisotopic (exact) mass is 337 g/mol. The van der Waals surface area contributed by atoms with Crippen molar-refractivity contribution in [3.63, 3.8) is 0 Å². The van der Waals surface area contributed by atoms with E-state index < -0.39 is 0 Å². The van der Waals surface area contributed by atoms with Crippen LogP contribution in [0.1, 0.15) is 30.0 Å². The first-order valence-electron chi connectivity index (χ1n) is 8.94. The molecule has 1 aliphatic rings. The number of ether oxygens (including phenoxy) is 1. The SMILES string of the molecule is COCCN1CCC(=NC(c2ccccc2)c2ccccc2N)CC1. The first kappa shape index (κ1) is 17.6. The zero-order valence-electron chi connectivity index (χ0n) is 14.9. The lowest BCUT2D eigenvalue weighted by Crippen LogP contribution is -2.36. The molecule has 25 heavy (non-hydrogen) atoms. The largest absolute Gasteiger partial charge is 0.398 e. The number of rotatable bonds is 6. The van der Waals surface area contributed by atoms with Gasteiger partial charge in [0.2, 0.25) is 0 Å². The number of aliphatic imine (C=N–C) groups is 1. The molecule has 2 aromatic carbocycles. The van der Waals surface area contributed by atoms with Gasteiger partial charge in [0.15, 0.2) is 0 Å². The number of anilines is 1. The zero-order valence-corrected chi connectivity index (χ0v) is 14.9. The summed E-state index contributed by atoms with van der Waals surface area (Å²) in [6, 6.07) is 18.5. The van der Waals surface area contributed by atoms with Crippen LogP contribution >= 0.6 is 0 Å². The van der Waals surface area contributed by atoms with Crippen molar-refractivity contribution in [3.05, 3.63) is 65.7 Å². The second kappa shape index (κ2) is 8.79. The Morgan fingerprint density at radius 1 is 1.04 bits per heavy atom. The number of para-hydroxylation sites is 1. The summed E-state index contributed by atoms with van der Waals surface area (Å²) in [5.74, 6) is 0. The van der Waals surface area contributed by atoms with Crippen LogP contribution < -0.4 is 5.73 Å². The van der Waals surface area contributed by atoms with E-state index in [4.69, 9.17) is 15.5 Å². The van der Waals surface area contributed by atoms with Crippen LogP contribution in [0.3, 0.4) is 0 Å². The van der Waals surface area contributed by atoms with E-state index >= 15 is 0 Å². The minimum Gasteiger partial charge on any atom is -0.398 e. The molecule has 1 aliphatic heterocycles. The Morgan fingerprint density at radius 2 is 1.72 bits per heavy atom. The van der Waals surface area contributed by atoms with Gasteiger partial charge in [0.25, 0.3) is 0 Å². The molecule has 0 aromatic heterocycles. The summed E-state index contributed by atoms with van der Waals surface area (Å²) >= 11 is 0. The number of hydrogen-bond donors (Lipinski definition) is 1. The molecule has 1 atom stereocenters. The highest BCUT2D eigenvalue weighted by molar-refractivity contribution is 5.86. The van der Waals surface area contributed by atoms with E-state index in [9.17, 15) is 0 Å². The van der Waals surface area contributed by atoms with Gasteiger partial charge < -0.3 is 15.4 Å². The van der Waals surface area contributed by atoms with Crippen LogP contribution in [0.2, 0.25) is 0 Å². The molecule has 1 fully saturated rings. The van der Waals surface area contributed by atoms with Gasteiger partial charge in [-0.3, -0.25) is 4.99 Å². The lowest BCUT2D eigenvalue weighted by atomic mass is 9.97. The molecule has 2 aromatic rings. The van der Waals surface area contributed by atoms with Crippen molar-refractivity contribution in [2.45, 2.75) is 18.9 Å². The highest BCUT2D eigenvalue weighted by Crippen LogP contribution is 2.31. The minimum absolute atomic E-state index is 0.0251. The van der Waals surface area contributed by atoms with E-state index in [2.05, 4.69) is 35.2 Å². The van der Waals surface area contributed by atoms with Gasteiger partial charge in [-0.05, 0) is 24.5 Å². The average molecular weight is 337 g/mol. The van der Waals surface area contributed by atoms with Crippen LogP contribution in [0, 0.1) is 0 Å². The second-order valence-corrected chi connectivity index (χ2v) is 6.47. The number of nitrogens with two attached hydrogens (primary N) is 1. The Balaban J connectivity index is 1.81. The Bertz CT molecular complexity index is 689. The molecule has 0 amide bonds. The molecule has 1 saturated heterocycles. The van der Waals surface area contributed by atoms with Crippen LogP contribution in [-0.4, -0.2) is 44.0 Å². The fourth-order valence-corrected chi connectivity index (χ4v) is 3.29. The number of likely N-dealkylation sites (tertiary alicyclic amines) is 1. The van der Waals surface area contributed by atoms with Crippen LogP contribution in [0.15, 0.2) is 59.6 Å². The van der Waals surface area contributed by atoms with Gasteiger partial charge in [0.1, 0.15) is 6.04 Å². The Hall–Kier alpha value is -2.17. The number of piperidine rings is 1. The fourth-order valence-electron chi connectivity index (χ4n) is 3.29. The van der Waals surface area contributed by atoms with Gasteiger partial charge in [-0.15, -0.1) is 0 Å². The third kappa shape index (κ3) is 4.68.